The Balaban J connectivity index is 1.73. The monoisotopic (exact) mass is 360 g/mol. The lowest BCUT2D eigenvalue weighted by Gasteiger charge is -2.40. The second-order valence-electron chi connectivity index (χ2n) is 7.33. The van der Waals surface area contributed by atoms with Gasteiger partial charge in [0.05, 0.1) is 33.8 Å². The molecule has 0 saturated heterocycles. The molecule has 27 heavy (non-hydrogen) atoms. The van der Waals surface area contributed by atoms with Gasteiger partial charge in [-0.15, -0.1) is 0 Å². The van der Waals surface area contributed by atoms with Gasteiger partial charge in [-0.2, -0.15) is 0 Å². The van der Waals surface area contributed by atoms with Crippen molar-refractivity contribution in [1.82, 2.24) is 9.97 Å². The second-order valence-corrected chi connectivity index (χ2v) is 7.33. The largest absolute Gasteiger partial charge is 0.366 e. The molecule has 1 amide bonds. The van der Waals surface area contributed by atoms with Gasteiger partial charge in [0.15, 0.2) is 0 Å². The summed E-state index contributed by atoms with van der Waals surface area (Å²) < 4.78 is 0. The Hall–Kier alpha value is -2.95. The van der Waals surface area contributed by atoms with Gasteiger partial charge in [-0.1, -0.05) is 12.1 Å². The van der Waals surface area contributed by atoms with Crippen LogP contribution < -0.4 is 9.80 Å². The second kappa shape index (κ2) is 6.65. The lowest BCUT2D eigenvalue weighted by molar-refractivity contribution is 0.0986. The third kappa shape index (κ3) is 3.03. The van der Waals surface area contributed by atoms with Crippen LogP contribution in [0.25, 0.3) is 11.0 Å². The van der Waals surface area contributed by atoms with Crippen molar-refractivity contribution in [2.24, 2.45) is 0 Å². The summed E-state index contributed by atoms with van der Waals surface area (Å²) in [6.45, 7) is 9.75. The molecule has 1 aliphatic rings. The van der Waals surface area contributed by atoms with Gasteiger partial charge in [0.25, 0.3) is 5.91 Å². The number of nitrogens with zero attached hydrogens (tertiary/aromatic N) is 4. The first kappa shape index (κ1) is 17.5. The standard InChI is InChI=1S/C22H24N4O/c1-14(2)25-11-12-26(21-8-6-5-7-20(21)25)22(27)17-9-10-18-19(13-17)24-16(4)15(3)23-18/h5-10,13-14H,11-12H2,1-4H3. The topological polar surface area (TPSA) is 49.3 Å². The number of carbonyl (C=O) groups is 1. The number of aryl methyl sites for hydroxylation is 2. The molecule has 5 nitrogen and oxygen atoms in total. The van der Waals surface area contributed by atoms with Crippen molar-refractivity contribution in [1.29, 1.82) is 0 Å². The van der Waals surface area contributed by atoms with E-state index in [9.17, 15) is 4.79 Å². The minimum absolute atomic E-state index is 0.00721. The van der Waals surface area contributed by atoms with Crippen LogP contribution in [0.3, 0.4) is 0 Å². The van der Waals surface area contributed by atoms with Crippen LogP contribution in [0.5, 0.6) is 0 Å². The van der Waals surface area contributed by atoms with E-state index in [1.54, 1.807) is 0 Å². The number of hydrogen-bond donors (Lipinski definition) is 0. The smallest absolute Gasteiger partial charge is 0.258 e. The molecule has 0 bridgehead atoms. The molecule has 0 saturated carbocycles. The number of aromatic nitrogens is 2. The molecule has 2 heterocycles. The molecule has 0 unspecified atom stereocenters. The Bertz CT molecular complexity index is 1030. The van der Waals surface area contributed by atoms with E-state index in [0.29, 0.717) is 18.2 Å². The average molecular weight is 360 g/mol. The highest BCUT2D eigenvalue weighted by molar-refractivity contribution is 6.09. The molecule has 0 fully saturated rings. The molecular weight excluding hydrogens is 336 g/mol. The molecule has 4 rings (SSSR count). The molecule has 5 heteroatoms. The van der Waals surface area contributed by atoms with E-state index in [-0.39, 0.29) is 5.91 Å². The highest BCUT2D eigenvalue weighted by atomic mass is 16.2. The molecule has 2 aromatic carbocycles. The highest BCUT2D eigenvalue weighted by Gasteiger charge is 2.28. The molecule has 1 aliphatic heterocycles. The number of rotatable bonds is 2. The van der Waals surface area contributed by atoms with E-state index < -0.39 is 0 Å². The van der Waals surface area contributed by atoms with Crippen LogP contribution in [0.4, 0.5) is 11.4 Å². The minimum Gasteiger partial charge on any atom is -0.366 e. The first-order valence-electron chi connectivity index (χ1n) is 9.38. The fourth-order valence-corrected chi connectivity index (χ4v) is 3.65. The molecule has 138 valence electrons. The number of hydrogen-bond acceptors (Lipinski definition) is 4. The predicted molar refractivity (Wildman–Crippen MR) is 110 cm³/mol. The molecule has 0 atom stereocenters. The molecule has 3 aromatic rings. The SMILES string of the molecule is Cc1nc2ccc(C(=O)N3CCN(C(C)C)c4ccccc43)cc2nc1C. The Kier molecular flexibility index (Phi) is 4.30. The van der Waals surface area contributed by atoms with Crippen molar-refractivity contribution in [3.63, 3.8) is 0 Å². The van der Waals surface area contributed by atoms with Crippen LogP contribution in [0.2, 0.25) is 0 Å². The van der Waals surface area contributed by atoms with Crippen LogP contribution in [0.15, 0.2) is 42.5 Å². The van der Waals surface area contributed by atoms with Gasteiger partial charge in [0.1, 0.15) is 0 Å². The predicted octanol–water partition coefficient (Wildman–Crippen LogP) is 4.12. The van der Waals surface area contributed by atoms with Crippen molar-refractivity contribution in [3.05, 3.63) is 59.4 Å². The summed E-state index contributed by atoms with van der Waals surface area (Å²) in [6, 6.07) is 14.1. The zero-order valence-electron chi connectivity index (χ0n) is 16.2. The van der Waals surface area contributed by atoms with Gasteiger partial charge in [0.2, 0.25) is 0 Å². The highest BCUT2D eigenvalue weighted by Crippen LogP contribution is 2.35. The fraction of sp³-hybridized carbons (Fsp3) is 0.318. The summed E-state index contributed by atoms with van der Waals surface area (Å²) in [5, 5.41) is 0. The van der Waals surface area contributed by atoms with Crippen molar-refractivity contribution < 1.29 is 4.79 Å². The Morgan fingerprint density at radius 2 is 1.59 bits per heavy atom. The minimum atomic E-state index is 0.00721. The zero-order chi connectivity index (χ0) is 19.1. The summed E-state index contributed by atoms with van der Waals surface area (Å²) in [7, 11) is 0. The van der Waals surface area contributed by atoms with Crippen LogP contribution >= 0.6 is 0 Å². The van der Waals surface area contributed by atoms with Gasteiger partial charge in [-0.3, -0.25) is 4.79 Å². The lowest BCUT2D eigenvalue weighted by Crippen LogP contribution is -2.46. The van der Waals surface area contributed by atoms with Crippen LogP contribution in [-0.4, -0.2) is 35.0 Å². The summed E-state index contributed by atoms with van der Waals surface area (Å²) in [4.78, 5) is 26.7. The van der Waals surface area contributed by atoms with Crippen LogP contribution in [-0.2, 0) is 0 Å². The van der Waals surface area contributed by atoms with E-state index in [4.69, 9.17) is 0 Å². The van der Waals surface area contributed by atoms with Crippen molar-refractivity contribution in [2.45, 2.75) is 33.7 Å². The van der Waals surface area contributed by atoms with Crippen LogP contribution in [0.1, 0.15) is 35.6 Å². The first-order valence-corrected chi connectivity index (χ1v) is 9.38. The van der Waals surface area contributed by atoms with E-state index in [0.717, 1.165) is 40.3 Å². The first-order chi connectivity index (χ1) is 13.0. The maximum atomic E-state index is 13.3. The van der Waals surface area contributed by atoms with Crippen LogP contribution in [0, 0.1) is 13.8 Å². The molecule has 0 spiro atoms. The lowest BCUT2D eigenvalue weighted by atomic mass is 10.1. The number of para-hydroxylation sites is 2. The number of amides is 1. The quantitative estimate of drug-likeness (QED) is 0.690. The van der Waals surface area contributed by atoms with Gasteiger partial charge in [-0.25, -0.2) is 9.97 Å². The number of benzene rings is 2. The van der Waals surface area contributed by atoms with Crippen molar-refractivity contribution in [2.75, 3.05) is 22.9 Å². The van der Waals surface area contributed by atoms with E-state index >= 15 is 0 Å². The van der Waals surface area contributed by atoms with Gasteiger partial charge < -0.3 is 9.80 Å². The maximum Gasteiger partial charge on any atom is 0.258 e. The Labute approximate surface area is 159 Å². The summed E-state index contributed by atoms with van der Waals surface area (Å²) in [6.07, 6.45) is 0. The van der Waals surface area contributed by atoms with Crippen molar-refractivity contribution in [3.8, 4) is 0 Å². The molecule has 1 aromatic heterocycles. The van der Waals surface area contributed by atoms with E-state index in [1.165, 1.54) is 0 Å². The normalized spacial score (nSPS) is 14.0. The Morgan fingerprint density at radius 1 is 0.926 bits per heavy atom. The van der Waals surface area contributed by atoms with Gasteiger partial charge in [0, 0.05) is 24.7 Å². The Morgan fingerprint density at radius 3 is 2.30 bits per heavy atom. The third-order valence-corrected chi connectivity index (χ3v) is 5.24. The van der Waals surface area contributed by atoms with Gasteiger partial charge in [-0.05, 0) is 58.0 Å². The molecule has 0 N–H and O–H groups in total. The number of fused-ring (bicyclic) bond motifs is 2. The fourth-order valence-electron chi connectivity index (χ4n) is 3.65. The van der Waals surface area contributed by atoms with E-state index in [1.807, 2.05) is 55.1 Å². The maximum absolute atomic E-state index is 13.3. The zero-order valence-corrected chi connectivity index (χ0v) is 16.2. The summed E-state index contributed by atoms with van der Waals surface area (Å²) in [5.41, 5.74) is 6.11. The third-order valence-electron chi connectivity index (χ3n) is 5.24. The number of anilines is 2. The van der Waals surface area contributed by atoms with Gasteiger partial charge >= 0.3 is 0 Å². The average Bonchev–Trinajstić information content (AvgIpc) is 2.67. The summed E-state index contributed by atoms with van der Waals surface area (Å²) in [5.74, 6) is 0.00721. The number of carbonyl (C=O) groups excluding carboxylic acids is 1. The molecule has 0 aliphatic carbocycles. The van der Waals surface area contributed by atoms with Crippen molar-refractivity contribution >= 4 is 28.3 Å². The summed E-state index contributed by atoms with van der Waals surface area (Å²) >= 11 is 0. The molecule has 0 radical (unpaired) electrons. The molecular formula is C22H24N4O. The van der Waals surface area contributed by atoms with E-state index in [2.05, 4.69) is 34.8 Å².